The average Bonchev–Trinajstić information content (AvgIpc) is 3.79. The molecule has 1 radical (unpaired) electrons. The summed E-state index contributed by atoms with van der Waals surface area (Å²) in [6, 6.07) is 48.4. The SMILES string of the molecule is C1=N/C(=C(/c2ccccc2)c2[n-]cc3ccccc23)c2ccccc21.Cc1[c-]c(-c2ncc3c4c(cccc24)C(=O)c2ccccc2-3)cc(C)c1.[Ir]. The first-order valence-electron chi connectivity index (χ1n) is 17.1. The van der Waals surface area contributed by atoms with Gasteiger partial charge in [0.2, 0.25) is 0 Å². The number of hydrogen-bond acceptors (Lipinski definition) is 3. The van der Waals surface area contributed by atoms with E-state index in [9.17, 15) is 4.79 Å². The molecule has 2 aliphatic rings. The van der Waals surface area contributed by atoms with E-state index in [-0.39, 0.29) is 25.9 Å². The molecule has 0 spiro atoms. The number of rotatable bonds is 3. The van der Waals surface area contributed by atoms with Crippen LogP contribution in [0.2, 0.25) is 0 Å². The summed E-state index contributed by atoms with van der Waals surface area (Å²) in [6.07, 6.45) is 5.79. The maximum atomic E-state index is 13.0. The van der Waals surface area contributed by atoms with Gasteiger partial charge in [-0.1, -0.05) is 135 Å². The van der Waals surface area contributed by atoms with E-state index < -0.39 is 0 Å². The van der Waals surface area contributed by atoms with Gasteiger partial charge in [-0.05, 0) is 43.9 Å². The van der Waals surface area contributed by atoms with E-state index in [1.807, 2.05) is 80.1 Å². The van der Waals surface area contributed by atoms with Crippen molar-refractivity contribution in [3.63, 3.8) is 0 Å². The van der Waals surface area contributed by atoms with Crippen molar-refractivity contribution in [2.24, 2.45) is 4.99 Å². The molecule has 0 fully saturated rings. The number of benzene rings is 6. The minimum atomic E-state index is 0. The normalized spacial score (nSPS) is 13.2. The van der Waals surface area contributed by atoms with Crippen LogP contribution in [0.25, 0.3) is 55.2 Å². The zero-order chi connectivity index (χ0) is 34.5. The molecule has 251 valence electrons. The molecule has 0 saturated heterocycles. The van der Waals surface area contributed by atoms with E-state index in [1.165, 1.54) is 5.56 Å². The monoisotopic (exact) mass is 846 g/mol. The Bertz CT molecular complexity index is 2720. The Hall–Kier alpha value is -6.00. The topological polar surface area (TPSA) is 56.4 Å². The summed E-state index contributed by atoms with van der Waals surface area (Å²) in [7, 11) is 0. The number of hydrogen-bond donors (Lipinski definition) is 0. The number of nitrogens with zero attached hydrogens (tertiary/aromatic N) is 3. The zero-order valence-electron chi connectivity index (χ0n) is 28.5. The molecule has 0 bridgehead atoms. The molecule has 1 aliphatic heterocycles. The van der Waals surface area contributed by atoms with Crippen LogP contribution in [0.1, 0.15) is 49.4 Å². The number of ketones is 1. The molecule has 10 rings (SSSR count). The van der Waals surface area contributed by atoms with Crippen molar-refractivity contribution in [1.82, 2.24) is 9.97 Å². The van der Waals surface area contributed by atoms with Gasteiger partial charge in [0.25, 0.3) is 0 Å². The van der Waals surface area contributed by atoms with E-state index in [0.717, 1.165) is 94.3 Å². The summed E-state index contributed by atoms with van der Waals surface area (Å²) < 4.78 is 0. The summed E-state index contributed by atoms with van der Waals surface area (Å²) in [5.41, 5.74) is 14.1. The first kappa shape index (κ1) is 33.2. The number of carbonyl (C=O) groups is 1. The molecule has 5 heteroatoms. The van der Waals surface area contributed by atoms with Crippen molar-refractivity contribution < 1.29 is 24.9 Å². The second-order valence-corrected chi connectivity index (χ2v) is 13.0. The van der Waals surface area contributed by atoms with E-state index >= 15 is 0 Å². The predicted molar refractivity (Wildman–Crippen MR) is 208 cm³/mol. The van der Waals surface area contributed by atoms with Crippen molar-refractivity contribution in [3.8, 4) is 22.4 Å². The van der Waals surface area contributed by atoms with Gasteiger partial charge in [-0.15, -0.1) is 40.6 Å². The Morgan fingerprint density at radius 2 is 1.37 bits per heavy atom. The van der Waals surface area contributed by atoms with Gasteiger partial charge in [-0.2, -0.15) is 6.20 Å². The molecule has 6 aromatic carbocycles. The fourth-order valence-electron chi connectivity index (χ4n) is 7.44. The van der Waals surface area contributed by atoms with Crippen LogP contribution in [0.15, 0.2) is 151 Å². The molecule has 0 saturated carbocycles. The van der Waals surface area contributed by atoms with Crippen molar-refractivity contribution in [2.75, 3.05) is 0 Å². The third-order valence-corrected chi connectivity index (χ3v) is 9.65. The van der Waals surface area contributed by atoms with Crippen LogP contribution >= 0.6 is 0 Å². The van der Waals surface area contributed by atoms with E-state index in [1.54, 1.807) is 0 Å². The molecule has 4 nitrogen and oxygen atoms in total. The molecule has 2 aromatic heterocycles. The molecular formula is C47H31IrN3O-2. The fraction of sp³-hybridized carbons (Fsp3) is 0.0426. The molecule has 8 aromatic rings. The number of aromatic nitrogens is 2. The van der Waals surface area contributed by atoms with Crippen molar-refractivity contribution in [1.29, 1.82) is 0 Å². The average molecular weight is 846 g/mol. The van der Waals surface area contributed by atoms with Gasteiger partial charge >= 0.3 is 0 Å². The molecule has 52 heavy (non-hydrogen) atoms. The third-order valence-electron chi connectivity index (χ3n) is 9.65. The molecule has 0 atom stereocenters. The largest absolute Gasteiger partial charge is 0.663 e. The van der Waals surface area contributed by atoms with Gasteiger partial charge in [0.05, 0.1) is 5.70 Å². The van der Waals surface area contributed by atoms with Crippen LogP contribution in [0.4, 0.5) is 0 Å². The Balaban J connectivity index is 0.000000146. The summed E-state index contributed by atoms with van der Waals surface area (Å²) in [4.78, 5) is 27.3. The summed E-state index contributed by atoms with van der Waals surface area (Å²) in [6.45, 7) is 4.12. The number of aryl methyl sites for hydroxylation is 2. The number of pyridine rings is 1. The summed E-state index contributed by atoms with van der Waals surface area (Å²) in [5, 5.41) is 4.31. The van der Waals surface area contributed by atoms with Gasteiger partial charge in [0, 0.05) is 60.3 Å². The van der Waals surface area contributed by atoms with Crippen molar-refractivity contribution in [2.45, 2.75) is 13.8 Å². The van der Waals surface area contributed by atoms with Crippen LogP contribution in [-0.2, 0) is 20.1 Å². The first-order valence-corrected chi connectivity index (χ1v) is 17.1. The van der Waals surface area contributed by atoms with Gasteiger partial charge in [0.15, 0.2) is 5.78 Å². The van der Waals surface area contributed by atoms with Crippen LogP contribution in [0, 0.1) is 19.9 Å². The molecule has 0 N–H and O–H groups in total. The van der Waals surface area contributed by atoms with Crippen molar-refractivity contribution >= 4 is 44.8 Å². The number of fused-ring (bicyclic) bond motifs is 4. The Morgan fingerprint density at radius 1 is 0.673 bits per heavy atom. The molecule has 1 aliphatic carbocycles. The second-order valence-electron chi connectivity index (χ2n) is 13.0. The van der Waals surface area contributed by atoms with Crippen LogP contribution < -0.4 is 4.98 Å². The van der Waals surface area contributed by atoms with Crippen LogP contribution in [-0.4, -0.2) is 17.0 Å². The van der Waals surface area contributed by atoms with Crippen LogP contribution in [0.5, 0.6) is 0 Å². The molecule has 3 heterocycles. The smallest absolute Gasteiger partial charge is 0.194 e. The van der Waals surface area contributed by atoms with E-state index in [4.69, 9.17) is 15.0 Å². The third kappa shape index (κ3) is 5.65. The zero-order valence-corrected chi connectivity index (χ0v) is 30.9. The predicted octanol–water partition coefficient (Wildman–Crippen LogP) is 10.7. The standard InChI is InChI=1S/C24H16NO.C23H15N2.Ir/c1-14-10-15(2)12-16(11-14)23-19-8-5-9-20-22(19)21(13-25-23)17-6-3-4-7-18(17)24(20)26;1-2-8-16(9-3-1)21(22-19-12-6-4-10-17(19)14-24-22)23-20-13-7-5-11-18(20)15-25-23;/h3-11,13H,1-2H3;1-15H;/q2*-1;/b;22-21-;. The maximum absolute atomic E-state index is 13.0. The van der Waals surface area contributed by atoms with Gasteiger partial charge in [-0.25, -0.2) is 0 Å². The summed E-state index contributed by atoms with van der Waals surface area (Å²) in [5.74, 6) is 0.0836. The Labute approximate surface area is 316 Å². The first-order chi connectivity index (χ1) is 25.0. The number of aliphatic imine (C=N–C) groups is 1. The quantitative estimate of drug-likeness (QED) is 0.167. The van der Waals surface area contributed by atoms with Crippen molar-refractivity contribution in [3.05, 3.63) is 197 Å². The Morgan fingerprint density at radius 3 is 2.19 bits per heavy atom. The molecular weight excluding hydrogens is 815 g/mol. The van der Waals surface area contributed by atoms with Gasteiger partial charge in [-0.3, -0.25) is 9.79 Å². The van der Waals surface area contributed by atoms with E-state index in [2.05, 4.69) is 91.9 Å². The maximum Gasteiger partial charge on any atom is 0.194 e. The second kappa shape index (κ2) is 13.6. The summed E-state index contributed by atoms with van der Waals surface area (Å²) >= 11 is 0. The molecule has 0 unspecified atom stereocenters. The van der Waals surface area contributed by atoms with Gasteiger partial charge in [0.1, 0.15) is 0 Å². The minimum absolute atomic E-state index is 0. The minimum Gasteiger partial charge on any atom is -0.663 e. The molecule has 0 amide bonds. The van der Waals surface area contributed by atoms with Crippen LogP contribution in [0.3, 0.4) is 0 Å². The number of carbonyl (C=O) groups excluding carboxylic acids is 1. The van der Waals surface area contributed by atoms with Gasteiger partial charge < -0.3 is 9.97 Å². The van der Waals surface area contributed by atoms with E-state index in [0.29, 0.717) is 0 Å². The Kier molecular flexibility index (Phi) is 8.68. The fourth-order valence-corrected chi connectivity index (χ4v) is 7.44.